The van der Waals surface area contributed by atoms with E-state index in [0.29, 0.717) is 36.6 Å². The molecular formula is C21H22N2O5. The number of carbonyl (C=O) groups excluding carboxylic acids is 2. The summed E-state index contributed by atoms with van der Waals surface area (Å²) < 4.78 is 10.4. The summed E-state index contributed by atoms with van der Waals surface area (Å²) in [6, 6.07) is 11.3. The minimum absolute atomic E-state index is 0.00520. The van der Waals surface area contributed by atoms with Gasteiger partial charge in [-0.3, -0.25) is 14.6 Å². The van der Waals surface area contributed by atoms with Crippen molar-refractivity contribution in [1.29, 1.82) is 0 Å². The number of likely N-dealkylation sites (tertiary alicyclic amines) is 1. The van der Waals surface area contributed by atoms with E-state index in [0.717, 1.165) is 0 Å². The molecule has 0 radical (unpaired) electrons. The van der Waals surface area contributed by atoms with E-state index in [1.165, 1.54) is 12.0 Å². The van der Waals surface area contributed by atoms with Crippen LogP contribution in [0.3, 0.4) is 0 Å². The maximum Gasteiger partial charge on any atom is 0.295 e. The molecule has 2 aromatic rings. The van der Waals surface area contributed by atoms with Crippen molar-refractivity contribution in [2.45, 2.75) is 12.5 Å². The molecule has 1 atom stereocenters. The molecule has 0 spiro atoms. The molecule has 2 heterocycles. The van der Waals surface area contributed by atoms with Crippen LogP contribution >= 0.6 is 0 Å². The summed E-state index contributed by atoms with van der Waals surface area (Å²) in [7, 11) is 3.05. The van der Waals surface area contributed by atoms with Gasteiger partial charge in [0.05, 0.1) is 23.9 Å². The Labute approximate surface area is 163 Å². The predicted octanol–water partition coefficient (Wildman–Crippen LogP) is 2.55. The van der Waals surface area contributed by atoms with Gasteiger partial charge in [0.2, 0.25) is 0 Å². The van der Waals surface area contributed by atoms with Gasteiger partial charge in [-0.2, -0.15) is 0 Å². The molecule has 1 aliphatic heterocycles. The largest absolute Gasteiger partial charge is 0.507 e. The van der Waals surface area contributed by atoms with E-state index in [1.54, 1.807) is 55.8 Å². The number of nitrogens with zero attached hydrogens (tertiary/aromatic N) is 2. The SMILES string of the molecule is COCCCN1C(=O)C(=O)/C(=C(\O)c2ccccc2OC)C1c1ccccn1. The van der Waals surface area contributed by atoms with Crippen LogP contribution in [0.4, 0.5) is 0 Å². The zero-order valence-electron chi connectivity index (χ0n) is 15.8. The van der Waals surface area contributed by atoms with Gasteiger partial charge in [0, 0.05) is 26.5 Å². The molecule has 0 saturated carbocycles. The van der Waals surface area contributed by atoms with Crippen molar-refractivity contribution >= 4 is 17.4 Å². The van der Waals surface area contributed by atoms with Gasteiger partial charge in [-0.25, -0.2) is 0 Å². The molecule has 7 heteroatoms. The lowest BCUT2D eigenvalue weighted by atomic mass is 9.98. The van der Waals surface area contributed by atoms with Gasteiger partial charge in [-0.1, -0.05) is 18.2 Å². The Hall–Kier alpha value is -3.19. The minimum atomic E-state index is -0.775. The zero-order valence-corrected chi connectivity index (χ0v) is 15.8. The van der Waals surface area contributed by atoms with Crippen LogP contribution in [-0.4, -0.2) is 54.1 Å². The number of para-hydroxylation sites is 1. The Kier molecular flexibility index (Phi) is 6.06. The van der Waals surface area contributed by atoms with Gasteiger partial charge in [-0.15, -0.1) is 0 Å². The highest BCUT2D eigenvalue weighted by Gasteiger charge is 2.46. The second-order valence-corrected chi connectivity index (χ2v) is 6.29. The van der Waals surface area contributed by atoms with Crippen LogP contribution in [0.25, 0.3) is 5.76 Å². The molecule has 3 rings (SSSR count). The lowest BCUT2D eigenvalue weighted by Crippen LogP contribution is -2.31. The van der Waals surface area contributed by atoms with Crippen LogP contribution in [0.5, 0.6) is 5.75 Å². The minimum Gasteiger partial charge on any atom is -0.507 e. The van der Waals surface area contributed by atoms with Crippen LogP contribution in [0, 0.1) is 0 Å². The number of methoxy groups -OCH3 is 2. The number of ketones is 1. The van der Waals surface area contributed by atoms with E-state index in [1.807, 2.05) is 0 Å². The van der Waals surface area contributed by atoms with Crippen LogP contribution in [0.15, 0.2) is 54.2 Å². The molecule has 1 saturated heterocycles. The maximum absolute atomic E-state index is 12.8. The standard InChI is InChI=1S/C21H22N2O5/c1-27-13-7-12-23-18(15-9-5-6-11-22-15)17(20(25)21(23)26)19(24)14-8-3-4-10-16(14)28-2/h3-6,8-11,18,24H,7,12-13H2,1-2H3/b19-17-. The monoisotopic (exact) mass is 382 g/mol. The van der Waals surface area contributed by atoms with Crippen molar-refractivity contribution in [1.82, 2.24) is 9.88 Å². The number of carbonyl (C=O) groups is 2. The second kappa shape index (κ2) is 8.67. The predicted molar refractivity (Wildman–Crippen MR) is 103 cm³/mol. The van der Waals surface area contributed by atoms with E-state index < -0.39 is 17.7 Å². The molecule has 0 bridgehead atoms. The van der Waals surface area contributed by atoms with E-state index in [9.17, 15) is 14.7 Å². The van der Waals surface area contributed by atoms with Gasteiger partial charge in [0.25, 0.3) is 11.7 Å². The van der Waals surface area contributed by atoms with Crippen LogP contribution in [0.2, 0.25) is 0 Å². The number of benzene rings is 1. The highest BCUT2D eigenvalue weighted by molar-refractivity contribution is 6.46. The van der Waals surface area contributed by atoms with Gasteiger partial charge < -0.3 is 19.5 Å². The summed E-state index contributed by atoms with van der Waals surface area (Å²) in [5.74, 6) is -1.27. The number of aliphatic hydroxyl groups is 1. The maximum atomic E-state index is 12.8. The third kappa shape index (κ3) is 3.61. The summed E-state index contributed by atoms with van der Waals surface area (Å²) in [4.78, 5) is 31.3. The van der Waals surface area contributed by atoms with E-state index in [2.05, 4.69) is 4.98 Å². The normalized spacial score (nSPS) is 18.5. The van der Waals surface area contributed by atoms with Gasteiger partial charge in [0.15, 0.2) is 0 Å². The molecule has 28 heavy (non-hydrogen) atoms. The number of aromatic nitrogens is 1. The first kappa shape index (κ1) is 19.6. The molecule has 1 unspecified atom stereocenters. The molecular weight excluding hydrogens is 360 g/mol. The molecule has 1 amide bonds. The van der Waals surface area contributed by atoms with E-state index in [4.69, 9.17) is 9.47 Å². The second-order valence-electron chi connectivity index (χ2n) is 6.29. The summed E-state index contributed by atoms with van der Waals surface area (Å²) in [6.45, 7) is 0.757. The zero-order chi connectivity index (χ0) is 20.1. The Morgan fingerprint density at radius 1 is 1.14 bits per heavy atom. The highest BCUT2D eigenvalue weighted by Crippen LogP contribution is 2.40. The lowest BCUT2D eigenvalue weighted by molar-refractivity contribution is -0.140. The number of hydrogen-bond acceptors (Lipinski definition) is 6. The van der Waals surface area contributed by atoms with Crippen molar-refractivity contribution in [2.24, 2.45) is 0 Å². The first-order chi connectivity index (χ1) is 13.6. The van der Waals surface area contributed by atoms with Crippen molar-refractivity contribution in [3.8, 4) is 5.75 Å². The molecule has 7 nitrogen and oxygen atoms in total. The highest BCUT2D eigenvalue weighted by atomic mass is 16.5. The summed E-state index contributed by atoms with van der Waals surface area (Å²) in [6.07, 6.45) is 2.15. The molecule has 1 fully saturated rings. The number of hydrogen-bond donors (Lipinski definition) is 1. The van der Waals surface area contributed by atoms with Gasteiger partial charge in [0.1, 0.15) is 17.6 Å². The van der Waals surface area contributed by atoms with Crippen LogP contribution in [0.1, 0.15) is 23.7 Å². The Bertz CT molecular complexity index is 895. The Morgan fingerprint density at radius 2 is 1.89 bits per heavy atom. The number of aliphatic hydroxyl groups excluding tert-OH is 1. The smallest absolute Gasteiger partial charge is 0.295 e. The van der Waals surface area contributed by atoms with Gasteiger partial charge >= 0.3 is 0 Å². The average molecular weight is 382 g/mol. The number of rotatable bonds is 7. The third-order valence-electron chi connectivity index (χ3n) is 4.62. The molecule has 0 aliphatic carbocycles. The molecule has 146 valence electrons. The third-order valence-corrected chi connectivity index (χ3v) is 4.62. The first-order valence-corrected chi connectivity index (χ1v) is 8.91. The Balaban J connectivity index is 2.14. The van der Waals surface area contributed by atoms with Crippen LogP contribution < -0.4 is 4.74 Å². The van der Waals surface area contributed by atoms with E-state index in [-0.39, 0.29) is 11.3 Å². The number of Topliss-reactive ketones (excluding diaryl/α,β-unsaturated/α-hetero) is 1. The summed E-state index contributed by atoms with van der Waals surface area (Å²) in [5.41, 5.74) is 0.863. The fourth-order valence-electron chi connectivity index (χ4n) is 3.32. The van der Waals surface area contributed by atoms with E-state index >= 15 is 0 Å². The van der Waals surface area contributed by atoms with Crippen molar-refractivity contribution in [2.75, 3.05) is 27.4 Å². The molecule has 1 aromatic carbocycles. The first-order valence-electron chi connectivity index (χ1n) is 8.91. The molecule has 1 aliphatic rings. The van der Waals surface area contributed by atoms with Crippen LogP contribution in [-0.2, 0) is 14.3 Å². The molecule has 1 N–H and O–H groups in total. The lowest BCUT2D eigenvalue weighted by Gasteiger charge is -2.24. The average Bonchev–Trinajstić information content (AvgIpc) is 2.99. The molecule has 1 aromatic heterocycles. The number of ether oxygens (including phenoxy) is 2. The van der Waals surface area contributed by atoms with Crippen molar-refractivity contribution in [3.63, 3.8) is 0 Å². The van der Waals surface area contributed by atoms with Gasteiger partial charge in [-0.05, 0) is 30.7 Å². The summed E-state index contributed by atoms with van der Waals surface area (Å²) in [5, 5.41) is 11.0. The number of amides is 1. The Morgan fingerprint density at radius 3 is 2.57 bits per heavy atom. The van der Waals surface area contributed by atoms with Crippen molar-refractivity contribution in [3.05, 3.63) is 65.5 Å². The van der Waals surface area contributed by atoms with Crippen molar-refractivity contribution < 1.29 is 24.2 Å². The topological polar surface area (TPSA) is 89.0 Å². The fraction of sp³-hybridized carbons (Fsp3) is 0.286. The number of pyridine rings is 1. The quantitative estimate of drug-likeness (QED) is 0.343. The summed E-state index contributed by atoms with van der Waals surface area (Å²) >= 11 is 0. The fourth-order valence-corrected chi connectivity index (χ4v) is 3.32.